The highest BCUT2D eigenvalue weighted by molar-refractivity contribution is 6.30. The Balaban J connectivity index is 1.33. The molecular weight excluding hydrogens is 626 g/mol. The summed E-state index contributed by atoms with van der Waals surface area (Å²) < 4.78 is 17.4. The molecule has 0 saturated heterocycles. The molecule has 1 unspecified atom stereocenters. The minimum absolute atomic E-state index is 0.0120. The van der Waals surface area contributed by atoms with Gasteiger partial charge in [-0.05, 0) is 131 Å². The van der Waals surface area contributed by atoms with Crippen molar-refractivity contribution in [2.45, 2.75) is 96.9 Å². The van der Waals surface area contributed by atoms with Gasteiger partial charge in [-0.15, -0.1) is 0 Å². The number of carbonyl (C=O) groups is 2. The zero-order chi connectivity index (χ0) is 34.6. The zero-order valence-corrected chi connectivity index (χ0v) is 30.1. The molecule has 1 heterocycles. The lowest BCUT2D eigenvalue weighted by Gasteiger charge is -2.38. The average molecular weight is 676 g/mol. The highest BCUT2D eigenvalue weighted by Crippen LogP contribution is 2.44. The minimum atomic E-state index is -0.498. The van der Waals surface area contributed by atoms with Crippen LogP contribution in [-0.4, -0.2) is 50.4 Å². The Morgan fingerprint density at radius 3 is 2.29 bits per heavy atom. The molecule has 5 rings (SSSR count). The summed E-state index contributed by atoms with van der Waals surface area (Å²) in [5.41, 5.74) is 4.32. The first kappa shape index (κ1) is 35.4. The van der Waals surface area contributed by atoms with E-state index < -0.39 is 5.60 Å². The fourth-order valence-corrected chi connectivity index (χ4v) is 6.83. The zero-order valence-electron chi connectivity index (χ0n) is 29.3. The standard InChI is InChI=1S/C39H50ClN3O5/c1-8-25(2)47-35-23-33-28(21-34(35)46-7)22-36(44)43(37(33)27-11-13-29(40)14-12-27)32-19-17-31(18-20-32)42(6)24-26-9-15-30(16-10-26)41-38(45)48-39(3,4)5/h11-14,17-21,23,25-26,30,37H,8-10,15-16,22,24H2,1-7H3,(H,41,45)/t25-,26-,30-,37?/m1/s1. The number of rotatable bonds is 10. The number of halogens is 1. The van der Waals surface area contributed by atoms with Crippen molar-refractivity contribution < 1.29 is 23.8 Å². The molecule has 258 valence electrons. The summed E-state index contributed by atoms with van der Waals surface area (Å²) in [5.74, 6) is 1.85. The fourth-order valence-electron chi connectivity index (χ4n) is 6.70. The predicted molar refractivity (Wildman–Crippen MR) is 193 cm³/mol. The van der Waals surface area contributed by atoms with Gasteiger partial charge in [0.05, 0.1) is 25.7 Å². The van der Waals surface area contributed by atoms with Crippen LogP contribution in [0.15, 0.2) is 60.7 Å². The second-order valence-corrected chi connectivity index (χ2v) is 14.6. The molecule has 8 nitrogen and oxygen atoms in total. The molecule has 0 aromatic heterocycles. The Labute approximate surface area is 290 Å². The molecule has 3 aromatic rings. The van der Waals surface area contributed by atoms with Gasteiger partial charge in [-0.3, -0.25) is 4.79 Å². The Morgan fingerprint density at radius 1 is 1.02 bits per heavy atom. The number of nitrogens with zero attached hydrogens (tertiary/aromatic N) is 2. The van der Waals surface area contributed by atoms with Gasteiger partial charge in [0.1, 0.15) is 5.60 Å². The molecule has 1 aliphatic carbocycles. The Morgan fingerprint density at radius 2 is 1.69 bits per heavy atom. The van der Waals surface area contributed by atoms with Crippen LogP contribution in [0.2, 0.25) is 5.02 Å². The van der Waals surface area contributed by atoms with Crippen molar-refractivity contribution in [1.29, 1.82) is 0 Å². The van der Waals surface area contributed by atoms with E-state index in [1.807, 2.05) is 81.1 Å². The van der Waals surface area contributed by atoms with Crippen molar-refractivity contribution in [3.05, 3.63) is 82.4 Å². The molecule has 9 heteroatoms. The largest absolute Gasteiger partial charge is 0.493 e. The quantitative estimate of drug-likeness (QED) is 0.232. The lowest BCUT2D eigenvalue weighted by atomic mass is 9.85. The van der Waals surface area contributed by atoms with Gasteiger partial charge in [-0.2, -0.15) is 0 Å². The lowest BCUT2D eigenvalue weighted by molar-refractivity contribution is -0.118. The number of carbonyl (C=O) groups excluding carboxylic acids is 2. The van der Waals surface area contributed by atoms with Crippen LogP contribution in [0.25, 0.3) is 0 Å². The van der Waals surface area contributed by atoms with Crippen molar-refractivity contribution in [3.8, 4) is 11.5 Å². The first-order valence-corrected chi connectivity index (χ1v) is 17.5. The normalized spacial score (nSPS) is 20.0. The molecule has 1 saturated carbocycles. The molecule has 2 aliphatic rings. The first-order chi connectivity index (χ1) is 22.8. The number of ether oxygens (including phenoxy) is 3. The minimum Gasteiger partial charge on any atom is -0.493 e. The summed E-state index contributed by atoms with van der Waals surface area (Å²) in [6.45, 7) is 10.7. The monoisotopic (exact) mass is 675 g/mol. The topological polar surface area (TPSA) is 80.3 Å². The summed E-state index contributed by atoms with van der Waals surface area (Å²) in [6.07, 6.45) is 4.76. The maximum Gasteiger partial charge on any atom is 0.407 e. The number of hydrogen-bond acceptors (Lipinski definition) is 6. The number of amides is 2. The molecule has 1 N–H and O–H groups in total. The Bertz CT molecular complexity index is 1560. The van der Waals surface area contributed by atoms with Crippen molar-refractivity contribution >= 4 is 35.0 Å². The molecule has 0 bridgehead atoms. The molecular formula is C39H50ClN3O5. The fraction of sp³-hybridized carbons (Fsp3) is 0.487. The van der Waals surface area contributed by atoms with E-state index in [9.17, 15) is 9.59 Å². The van der Waals surface area contributed by atoms with Gasteiger partial charge in [0.2, 0.25) is 5.91 Å². The van der Waals surface area contributed by atoms with E-state index in [4.69, 9.17) is 25.8 Å². The molecule has 48 heavy (non-hydrogen) atoms. The predicted octanol–water partition coefficient (Wildman–Crippen LogP) is 8.72. The molecule has 1 fully saturated rings. The molecule has 1 aliphatic heterocycles. The maximum absolute atomic E-state index is 13.9. The van der Waals surface area contributed by atoms with Gasteiger partial charge in [0.15, 0.2) is 11.5 Å². The van der Waals surface area contributed by atoms with Crippen molar-refractivity contribution in [1.82, 2.24) is 5.32 Å². The van der Waals surface area contributed by atoms with Crippen LogP contribution in [0.5, 0.6) is 11.5 Å². The van der Waals surface area contributed by atoms with Crippen LogP contribution in [-0.2, 0) is 16.0 Å². The van der Waals surface area contributed by atoms with Crippen molar-refractivity contribution in [3.63, 3.8) is 0 Å². The second kappa shape index (κ2) is 15.1. The van der Waals surface area contributed by atoms with Crippen LogP contribution >= 0.6 is 11.6 Å². The summed E-state index contributed by atoms with van der Waals surface area (Å²) in [6, 6.07) is 19.8. The van der Waals surface area contributed by atoms with Crippen LogP contribution < -0.4 is 24.6 Å². The van der Waals surface area contributed by atoms with Crippen molar-refractivity contribution in [2.24, 2.45) is 5.92 Å². The maximum atomic E-state index is 13.9. The first-order valence-electron chi connectivity index (χ1n) is 17.1. The molecule has 2 atom stereocenters. The number of hydrogen-bond donors (Lipinski definition) is 1. The third-order valence-electron chi connectivity index (χ3n) is 9.35. The van der Waals surface area contributed by atoms with Gasteiger partial charge < -0.3 is 29.3 Å². The van der Waals surface area contributed by atoms with Crippen LogP contribution in [0.4, 0.5) is 16.2 Å². The van der Waals surface area contributed by atoms with E-state index in [1.165, 1.54) is 0 Å². The SMILES string of the molecule is CC[C@@H](C)Oc1cc2c(cc1OC)CC(=O)N(c1ccc(N(C)C[C@H]3CC[C@H](NC(=O)OC(C)(C)C)CC3)cc1)C2c1ccc(Cl)cc1. The van der Waals surface area contributed by atoms with Gasteiger partial charge >= 0.3 is 6.09 Å². The lowest BCUT2D eigenvalue weighted by Crippen LogP contribution is -2.42. The number of fused-ring (bicyclic) bond motifs is 1. The van der Waals surface area contributed by atoms with Crippen LogP contribution in [0.3, 0.4) is 0 Å². The summed E-state index contributed by atoms with van der Waals surface area (Å²) in [5, 5.41) is 3.68. The number of anilines is 2. The van der Waals surface area contributed by atoms with Gasteiger partial charge in [0, 0.05) is 36.0 Å². The van der Waals surface area contributed by atoms with E-state index in [0.29, 0.717) is 22.4 Å². The molecule has 3 aromatic carbocycles. The number of nitrogens with one attached hydrogen (secondary N) is 1. The number of methoxy groups -OCH3 is 1. The summed E-state index contributed by atoms with van der Waals surface area (Å²) in [7, 11) is 3.75. The van der Waals surface area contributed by atoms with E-state index in [2.05, 4.69) is 36.3 Å². The number of benzene rings is 3. The van der Waals surface area contributed by atoms with E-state index >= 15 is 0 Å². The van der Waals surface area contributed by atoms with E-state index in [1.54, 1.807) is 7.11 Å². The average Bonchev–Trinajstić information content (AvgIpc) is 3.04. The Hall–Kier alpha value is -3.91. The third-order valence-corrected chi connectivity index (χ3v) is 9.60. The molecule has 2 amide bonds. The highest BCUT2D eigenvalue weighted by atomic mass is 35.5. The van der Waals surface area contributed by atoms with Gasteiger partial charge in [-0.25, -0.2) is 4.79 Å². The van der Waals surface area contributed by atoms with E-state index in [-0.39, 0.29) is 36.6 Å². The van der Waals surface area contributed by atoms with Crippen molar-refractivity contribution in [2.75, 3.05) is 30.5 Å². The molecule has 0 spiro atoms. The van der Waals surface area contributed by atoms with E-state index in [0.717, 1.165) is 66.7 Å². The third kappa shape index (κ3) is 8.56. The van der Waals surface area contributed by atoms with Crippen LogP contribution in [0, 0.1) is 5.92 Å². The number of alkyl carbamates (subject to hydrolysis) is 1. The van der Waals surface area contributed by atoms with Crippen LogP contribution in [0.1, 0.15) is 89.5 Å². The summed E-state index contributed by atoms with van der Waals surface area (Å²) in [4.78, 5) is 30.3. The second-order valence-electron chi connectivity index (χ2n) is 14.2. The van der Waals surface area contributed by atoms with Gasteiger partial charge in [0.25, 0.3) is 0 Å². The Kier molecular flexibility index (Phi) is 11.1. The molecule has 0 radical (unpaired) electrons. The van der Waals surface area contributed by atoms with Gasteiger partial charge in [-0.1, -0.05) is 30.7 Å². The highest BCUT2D eigenvalue weighted by Gasteiger charge is 2.36. The smallest absolute Gasteiger partial charge is 0.407 e. The summed E-state index contributed by atoms with van der Waals surface area (Å²) >= 11 is 6.29.